The third-order valence-electron chi connectivity index (χ3n) is 7.10. The highest BCUT2D eigenvalue weighted by molar-refractivity contribution is 7.92. The predicted octanol–water partition coefficient (Wildman–Crippen LogP) is 5.63. The number of fused-ring (bicyclic) bond motifs is 1. The number of anilines is 1. The fraction of sp³-hybridized carbons (Fsp3) is 0.207. The molecular formula is C29H27N3O2S. The topological polar surface area (TPSA) is 66.1 Å². The second-order valence-electron chi connectivity index (χ2n) is 9.50. The Balaban J connectivity index is 1.45. The van der Waals surface area contributed by atoms with Crippen molar-refractivity contribution in [2.24, 2.45) is 0 Å². The molecule has 1 aromatic heterocycles. The van der Waals surface area contributed by atoms with Crippen molar-refractivity contribution in [1.29, 1.82) is 0 Å². The van der Waals surface area contributed by atoms with Gasteiger partial charge < -0.3 is 0 Å². The molecule has 35 heavy (non-hydrogen) atoms. The second-order valence-corrected chi connectivity index (χ2v) is 11.3. The normalized spacial score (nSPS) is 16.6. The first-order valence-corrected chi connectivity index (χ1v) is 13.4. The van der Waals surface area contributed by atoms with Crippen LogP contribution in [-0.2, 0) is 21.9 Å². The lowest BCUT2D eigenvalue weighted by Gasteiger charge is -2.34. The average Bonchev–Trinajstić information content (AvgIpc) is 3.64. The van der Waals surface area contributed by atoms with Crippen LogP contribution in [0.5, 0.6) is 0 Å². The van der Waals surface area contributed by atoms with Crippen molar-refractivity contribution in [1.82, 2.24) is 10.2 Å². The molecule has 1 saturated carbocycles. The molecule has 0 saturated heterocycles. The van der Waals surface area contributed by atoms with Gasteiger partial charge in [0.25, 0.3) is 10.0 Å². The summed E-state index contributed by atoms with van der Waals surface area (Å²) in [5.41, 5.74) is 4.85. The van der Waals surface area contributed by atoms with E-state index in [0.717, 1.165) is 29.7 Å². The number of nitrogens with one attached hydrogen (secondary N) is 1. The first-order valence-electron chi connectivity index (χ1n) is 12.0. The van der Waals surface area contributed by atoms with Crippen LogP contribution in [0.3, 0.4) is 0 Å². The maximum Gasteiger partial charge on any atom is 0.265 e. The van der Waals surface area contributed by atoms with Crippen molar-refractivity contribution in [3.63, 3.8) is 0 Å². The molecule has 176 valence electrons. The summed E-state index contributed by atoms with van der Waals surface area (Å²) >= 11 is 0. The average molecular weight is 482 g/mol. The Kier molecular flexibility index (Phi) is 5.15. The molecule has 6 rings (SSSR count). The van der Waals surface area contributed by atoms with Crippen molar-refractivity contribution in [3.8, 4) is 0 Å². The summed E-state index contributed by atoms with van der Waals surface area (Å²) < 4.78 is 29.0. The van der Waals surface area contributed by atoms with E-state index < -0.39 is 10.0 Å². The highest BCUT2D eigenvalue weighted by Gasteiger charge is 2.43. The van der Waals surface area contributed by atoms with E-state index in [4.69, 9.17) is 0 Å². The van der Waals surface area contributed by atoms with Crippen LogP contribution in [0.1, 0.15) is 40.8 Å². The minimum atomic E-state index is -3.73. The first-order chi connectivity index (χ1) is 17.0. The van der Waals surface area contributed by atoms with E-state index in [1.54, 1.807) is 12.1 Å². The zero-order valence-corrected chi connectivity index (χ0v) is 20.4. The van der Waals surface area contributed by atoms with Gasteiger partial charge in [0, 0.05) is 29.1 Å². The number of allylic oxidation sites excluding steroid dienone is 1. The zero-order chi connectivity index (χ0) is 24.0. The molecule has 2 aliphatic carbocycles. The molecule has 1 fully saturated rings. The number of hydrogen-bond acceptors (Lipinski definition) is 3. The Hall–Kier alpha value is -3.64. The number of H-pyrrole nitrogens is 1. The van der Waals surface area contributed by atoms with E-state index in [2.05, 4.69) is 70.9 Å². The molecule has 5 nitrogen and oxygen atoms in total. The van der Waals surface area contributed by atoms with Gasteiger partial charge in [0.05, 0.1) is 4.90 Å². The minimum Gasteiger partial charge on any atom is -0.280 e. The van der Waals surface area contributed by atoms with E-state index in [-0.39, 0.29) is 11.5 Å². The molecule has 1 heterocycles. The molecule has 0 aliphatic heterocycles. The van der Waals surface area contributed by atoms with Crippen molar-refractivity contribution < 1.29 is 8.42 Å². The van der Waals surface area contributed by atoms with Crippen LogP contribution in [0.4, 0.5) is 5.82 Å². The fourth-order valence-corrected chi connectivity index (χ4v) is 6.74. The van der Waals surface area contributed by atoms with Crippen molar-refractivity contribution in [2.45, 2.75) is 42.5 Å². The number of aromatic nitrogens is 2. The van der Waals surface area contributed by atoms with Gasteiger partial charge in [-0.15, -0.1) is 0 Å². The summed E-state index contributed by atoms with van der Waals surface area (Å²) in [5.74, 6) is 0.494. The number of sulfonamides is 1. The summed E-state index contributed by atoms with van der Waals surface area (Å²) in [7, 11) is -3.73. The van der Waals surface area contributed by atoms with Gasteiger partial charge in [-0.3, -0.25) is 5.10 Å². The van der Waals surface area contributed by atoms with Gasteiger partial charge in [-0.25, -0.2) is 12.7 Å². The van der Waals surface area contributed by atoms with Crippen molar-refractivity contribution in [2.75, 3.05) is 4.31 Å². The Labute approximate surface area is 206 Å². The summed E-state index contributed by atoms with van der Waals surface area (Å²) in [5, 5.41) is 7.80. The lowest BCUT2D eigenvalue weighted by atomic mass is 9.68. The SMILES string of the molecule is Cc1ccc(S(=O)(=O)N(c2n[nH]c3c2C=CC(c2ccccc2)(c2ccccc2)C3)C2CC2)cc1. The number of rotatable bonds is 6. The lowest BCUT2D eigenvalue weighted by Crippen LogP contribution is -2.34. The molecule has 3 aromatic carbocycles. The van der Waals surface area contributed by atoms with E-state index >= 15 is 0 Å². The van der Waals surface area contributed by atoms with Gasteiger partial charge >= 0.3 is 0 Å². The van der Waals surface area contributed by atoms with Gasteiger partial charge in [0.15, 0.2) is 5.82 Å². The predicted molar refractivity (Wildman–Crippen MR) is 139 cm³/mol. The van der Waals surface area contributed by atoms with Crippen LogP contribution in [0.2, 0.25) is 0 Å². The molecule has 2 aliphatic rings. The van der Waals surface area contributed by atoms with Crippen LogP contribution < -0.4 is 4.31 Å². The quantitative estimate of drug-likeness (QED) is 0.388. The lowest BCUT2D eigenvalue weighted by molar-refractivity contribution is 0.589. The number of benzene rings is 3. The third kappa shape index (κ3) is 3.69. The van der Waals surface area contributed by atoms with Gasteiger partial charge in [-0.1, -0.05) is 90.5 Å². The van der Waals surface area contributed by atoms with E-state index in [1.165, 1.54) is 15.4 Å². The monoisotopic (exact) mass is 481 g/mol. The van der Waals surface area contributed by atoms with Crippen molar-refractivity contribution >= 4 is 21.9 Å². The second kappa shape index (κ2) is 8.24. The fourth-order valence-electron chi connectivity index (χ4n) is 5.07. The first kappa shape index (κ1) is 21.9. The molecule has 4 aromatic rings. The largest absolute Gasteiger partial charge is 0.280 e. The third-order valence-corrected chi connectivity index (χ3v) is 8.95. The van der Waals surface area contributed by atoms with Crippen LogP contribution in [-0.4, -0.2) is 24.7 Å². The Bertz CT molecular complexity index is 1450. The van der Waals surface area contributed by atoms with E-state index in [9.17, 15) is 8.42 Å². The molecule has 0 bridgehead atoms. The number of aryl methyl sites for hydroxylation is 1. The van der Waals surface area contributed by atoms with Gasteiger partial charge in [0.2, 0.25) is 0 Å². The highest BCUT2D eigenvalue weighted by Crippen LogP contribution is 2.45. The van der Waals surface area contributed by atoms with E-state index in [0.29, 0.717) is 17.1 Å². The molecule has 0 unspecified atom stereocenters. The van der Waals surface area contributed by atoms with E-state index in [1.807, 2.05) is 31.2 Å². The summed E-state index contributed by atoms with van der Waals surface area (Å²) in [6, 6.07) is 27.9. The molecule has 0 atom stereocenters. The standard InChI is InChI=1S/C29H27N3O2S/c1-21-12-16-25(17-13-21)35(33,34)32(24-14-15-24)28-26-18-19-29(20-27(26)30-31-28,22-8-4-2-5-9-22)23-10-6-3-7-11-23/h2-13,16-19,24H,14-15,20H2,1H3,(H,30,31). The Morgan fingerprint density at radius 2 is 1.49 bits per heavy atom. The number of nitrogens with zero attached hydrogens (tertiary/aromatic N) is 2. The summed E-state index contributed by atoms with van der Waals surface area (Å²) in [4.78, 5) is 0.300. The van der Waals surface area contributed by atoms with Gasteiger partial charge in [-0.05, 0) is 43.0 Å². The smallest absolute Gasteiger partial charge is 0.265 e. The molecule has 1 N–H and O–H groups in total. The maximum atomic E-state index is 13.7. The molecule has 0 amide bonds. The molecule has 0 radical (unpaired) electrons. The summed E-state index contributed by atoms with van der Waals surface area (Å²) in [6.45, 7) is 1.95. The molecule has 6 heteroatoms. The van der Waals surface area contributed by atoms with Gasteiger partial charge in [0.1, 0.15) is 0 Å². The Morgan fingerprint density at radius 3 is 2.06 bits per heavy atom. The van der Waals surface area contributed by atoms with Crippen LogP contribution in [0.15, 0.2) is 95.9 Å². The maximum absolute atomic E-state index is 13.7. The Morgan fingerprint density at radius 1 is 0.886 bits per heavy atom. The molecule has 0 spiro atoms. The van der Waals surface area contributed by atoms with Crippen LogP contribution in [0, 0.1) is 6.92 Å². The number of hydrogen-bond donors (Lipinski definition) is 1. The minimum absolute atomic E-state index is 0.0583. The number of aromatic amines is 1. The molecular weight excluding hydrogens is 454 g/mol. The van der Waals surface area contributed by atoms with Gasteiger partial charge in [-0.2, -0.15) is 5.10 Å². The van der Waals surface area contributed by atoms with Crippen molar-refractivity contribution in [3.05, 3.63) is 119 Å². The summed E-state index contributed by atoms with van der Waals surface area (Å²) in [6.07, 6.45) is 6.62. The highest BCUT2D eigenvalue weighted by atomic mass is 32.2. The van der Waals surface area contributed by atoms with Crippen LogP contribution >= 0.6 is 0 Å². The van der Waals surface area contributed by atoms with Crippen LogP contribution in [0.25, 0.3) is 6.08 Å². The zero-order valence-electron chi connectivity index (χ0n) is 19.6.